The minimum absolute atomic E-state index is 0.249. The SMILES string of the molecule is NC1=C(O)C(=O)O[C@@H]1C(O)CO. The van der Waals surface area contributed by atoms with E-state index in [2.05, 4.69) is 4.74 Å². The van der Waals surface area contributed by atoms with Crippen molar-refractivity contribution in [1.82, 2.24) is 0 Å². The molecule has 0 saturated heterocycles. The van der Waals surface area contributed by atoms with Crippen LogP contribution in [0.2, 0.25) is 0 Å². The third-order valence-corrected chi connectivity index (χ3v) is 1.54. The van der Waals surface area contributed by atoms with Crippen molar-refractivity contribution in [2.75, 3.05) is 6.61 Å². The number of carbonyl (C=O) groups is 1. The highest BCUT2D eigenvalue weighted by molar-refractivity contribution is 5.89. The van der Waals surface area contributed by atoms with Crippen molar-refractivity contribution in [3.05, 3.63) is 11.5 Å². The molecule has 1 aliphatic heterocycles. The molecule has 1 rings (SSSR count). The number of rotatable bonds is 2. The lowest BCUT2D eigenvalue weighted by molar-refractivity contribution is -0.147. The van der Waals surface area contributed by atoms with Gasteiger partial charge >= 0.3 is 5.97 Å². The maximum absolute atomic E-state index is 10.6. The first-order valence-electron chi connectivity index (χ1n) is 3.26. The Kier molecular flexibility index (Phi) is 2.20. The summed E-state index contributed by atoms with van der Waals surface area (Å²) >= 11 is 0. The molecule has 0 saturated carbocycles. The molecule has 5 N–H and O–H groups in total. The Morgan fingerprint density at radius 1 is 1.67 bits per heavy atom. The summed E-state index contributed by atoms with van der Waals surface area (Å²) in [5.41, 5.74) is 4.95. The van der Waals surface area contributed by atoms with Gasteiger partial charge in [-0.3, -0.25) is 0 Å². The first-order chi connectivity index (χ1) is 5.57. The van der Waals surface area contributed by atoms with Gasteiger partial charge in [-0.05, 0) is 0 Å². The van der Waals surface area contributed by atoms with Gasteiger partial charge in [-0.25, -0.2) is 4.79 Å². The average molecular weight is 175 g/mol. The minimum Gasteiger partial charge on any atom is -0.501 e. The standard InChI is InChI=1S/C6H9NO5/c7-3-4(10)6(11)12-5(3)2(9)1-8/h2,5,8-10H,1,7H2/t2?,5-/m1/s1. The smallest absolute Gasteiger partial charge is 0.376 e. The highest BCUT2D eigenvalue weighted by Gasteiger charge is 2.36. The Morgan fingerprint density at radius 2 is 2.25 bits per heavy atom. The molecule has 0 spiro atoms. The molecule has 0 bridgehead atoms. The summed E-state index contributed by atoms with van der Waals surface area (Å²) < 4.78 is 4.44. The van der Waals surface area contributed by atoms with Crippen LogP contribution in [0.1, 0.15) is 0 Å². The molecular weight excluding hydrogens is 166 g/mol. The van der Waals surface area contributed by atoms with Crippen LogP contribution in [0.15, 0.2) is 11.5 Å². The molecular formula is C6H9NO5. The minimum atomic E-state index is -1.29. The van der Waals surface area contributed by atoms with Crippen molar-refractivity contribution in [3.8, 4) is 0 Å². The van der Waals surface area contributed by atoms with Crippen molar-refractivity contribution in [3.63, 3.8) is 0 Å². The zero-order valence-corrected chi connectivity index (χ0v) is 6.10. The molecule has 0 fully saturated rings. The van der Waals surface area contributed by atoms with Crippen LogP contribution >= 0.6 is 0 Å². The predicted molar refractivity (Wildman–Crippen MR) is 36.8 cm³/mol. The Hall–Kier alpha value is -1.27. The molecule has 68 valence electrons. The van der Waals surface area contributed by atoms with E-state index in [-0.39, 0.29) is 5.70 Å². The summed E-state index contributed by atoms with van der Waals surface area (Å²) in [5, 5.41) is 26.4. The van der Waals surface area contributed by atoms with Gasteiger partial charge in [-0.2, -0.15) is 0 Å². The van der Waals surface area contributed by atoms with Crippen LogP contribution in [-0.2, 0) is 9.53 Å². The highest BCUT2D eigenvalue weighted by Crippen LogP contribution is 2.19. The summed E-state index contributed by atoms with van der Waals surface area (Å²) in [6.45, 7) is -0.591. The molecule has 1 heterocycles. The molecule has 1 unspecified atom stereocenters. The van der Waals surface area contributed by atoms with Crippen molar-refractivity contribution in [1.29, 1.82) is 0 Å². The van der Waals surface area contributed by atoms with E-state index in [1.165, 1.54) is 0 Å². The van der Waals surface area contributed by atoms with Crippen LogP contribution in [0.3, 0.4) is 0 Å². The summed E-state index contributed by atoms with van der Waals surface area (Å²) in [5.74, 6) is -1.68. The summed E-state index contributed by atoms with van der Waals surface area (Å²) in [6.07, 6.45) is -2.43. The number of esters is 1. The van der Waals surface area contributed by atoms with Gasteiger partial charge in [0.1, 0.15) is 11.8 Å². The van der Waals surface area contributed by atoms with Crippen molar-refractivity contribution in [2.45, 2.75) is 12.2 Å². The van der Waals surface area contributed by atoms with Crippen LogP contribution in [0.25, 0.3) is 0 Å². The van der Waals surface area contributed by atoms with E-state index in [1.54, 1.807) is 0 Å². The fourth-order valence-corrected chi connectivity index (χ4v) is 0.869. The quantitative estimate of drug-likeness (QED) is 0.361. The number of aliphatic hydroxyl groups is 3. The van der Waals surface area contributed by atoms with Crippen LogP contribution in [0, 0.1) is 0 Å². The second-order valence-corrected chi connectivity index (χ2v) is 2.38. The molecule has 0 aromatic carbocycles. The fraction of sp³-hybridized carbons (Fsp3) is 0.500. The predicted octanol–water partition coefficient (Wildman–Crippen LogP) is -2.01. The van der Waals surface area contributed by atoms with E-state index < -0.39 is 30.5 Å². The van der Waals surface area contributed by atoms with Gasteiger partial charge in [-0.15, -0.1) is 0 Å². The number of hydrogen-bond acceptors (Lipinski definition) is 6. The summed E-state index contributed by atoms with van der Waals surface area (Å²) in [6, 6.07) is 0. The Morgan fingerprint density at radius 3 is 2.58 bits per heavy atom. The maximum atomic E-state index is 10.6. The maximum Gasteiger partial charge on any atom is 0.376 e. The van der Waals surface area contributed by atoms with Gasteiger partial charge < -0.3 is 25.8 Å². The molecule has 6 heteroatoms. The van der Waals surface area contributed by atoms with Crippen LogP contribution in [-0.4, -0.2) is 40.1 Å². The van der Waals surface area contributed by atoms with E-state index >= 15 is 0 Å². The first kappa shape index (κ1) is 8.82. The molecule has 2 atom stereocenters. The molecule has 0 aliphatic carbocycles. The number of cyclic esters (lactones) is 1. The largest absolute Gasteiger partial charge is 0.501 e. The van der Waals surface area contributed by atoms with Crippen LogP contribution < -0.4 is 5.73 Å². The average Bonchev–Trinajstić information content (AvgIpc) is 2.32. The molecule has 0 amide bonds. The number of carbonyl (C=O) groups excluding carboxylic acids is 1. The Labute approximate surface area is 67.9 Å². The molecule has 0 aromatic heterocycles. The lowest BCUT2D eigenvalue weighted by Gasteiger charge is -2.14. The topological polar surface area (TPSA) is 113 Å². The fourth-order valence-electron chi connectivity index (χ4n) is 0.869. The number of nitrogens with two attached hydrogens (primary N) is 1. The lowest BCUT2D eigenvalue weighted by Crippen LogP contribution is -2.34. The zero-order valence-electron chi connectivity index (χ0n) is 6.10. The number of hydrogen-bond donors (Lipinski definition) is 4. The number of ether oxygens (including phenoxy) is 1. The Bertz CT molecular complexity index is 236. The molecule has 1 aliphatic rings. The van der Waals surface area contributed by atoms with Gasteiger partial charge in [0.2, 0.25) is 5.76 Å². The van der Waals surface area contributed by atoms with E-state index in [0.717, 1.165) is 0 Å². The Balaban J connectivity index is 2.80. The number of aliphatic hydroxyl groups excluding tert-OH is 3. The third-order valence-electron chi connectivity index (χ3n) is 1.54. The molecule has 0 aromatic rings. The van der Waals surface area contributed by atoms with E-state index in [9.17, 15) is 4.79 Å². The van der Waals surface area contributed by atoms with E-state index in [1.807, 2.05) is 0 Å². The van der Waals surface area contributed by atoms with Gasteiger partial charge in [0, 0.05) is 0 Å². The van der Waals surface area contributed by atoms with Gasteiger partial charge in [0.25, 0.3) is 0 Å². The highest BCUT2D eigenvalue weighted by atomic mass is 16.6. The monoisotopic (exact) mass is 175 g/mol. The molecule has 0 radical (unpaired) electrons. The first-order valence-corrected chi connectivity index (χ1v) is 3.26. The lowest BCUT2D eigenvalue weighted by atomic mass is 10.1. The normalized spacial score (nSPS) is 25.8. The third kappa shape index (κ3) is 1.21. The van der Waals surface area contributed by atoms with E-state index in [0.29, 0.717) is 0 Å². The van der Waals surface area contributed by atoms with Gasteiger partial charge in [-0.1, -0.05) is 0 Å². The van der Waals surface area contributed by atoms with Crippen LogP contribution in [0.5, 0.6) is 0 Å². The van der Waals surface area contributed by atoms with Gasteiger partial charge in [0.05, 0.1) is 6.61 Å². The van der Waals surface area contributed by atoms with Crippen molar-refractivity contribution < 1.29 is 24.9 Å². The summed E-state index contributed by atoms with van der Waals surface area (Å²) in [4.78, 5) is 10.6. The van der Waals surface area contributed by atoms with Gasteiger partial charge in [0.15, 0.2) is 6.10 Å². The van der Waals surface area contributed by atoms with Crippen molar-refractivity contribution in [2.24, 2.45) is 5.73 Å². The molecule has 6 nitrogen and oxygen atoms in total. The van der Waals surface area contributed by atoms with Crippen LogP contribution in [0.4, 0.5) is 0 Å². The zero-order chi connectivity index (χ0) is 9.30. The summed E-state index contributed by atoms with van der Waals surface area (Å²) in [7, 11) is 0. The van der Waals surface area contributed by atoms with E-state index in [4.69, 9.17) is 21.1 Å². The second-order valence-electron chi connectivity index (χ2n) is 2.38. The van der Waals surface area contributed by atoms with Crippen molar-refractivity contribution >= 4 is 5.97 Å². The second kappa shape index (κ2) is 3.00. The molecule has 12 heavy (non-hydrogen) atoms.